The molecule has 0 saturated heterocycles. The molecule has 6 nitrogen and oxygen atoms in total. The Morgan fingerprint density at radius 2 is 2.11 bits per heavy atom. The van der Waals surface area contributed by atoms with Crippen LogP contribution in [0.1, 0.15) is 30.9 Å². The minimum atomic E-state index is -4.94. The van der Waals surface area contributed by atoms with Crippen LogP contribution in [0.15, 0.2) is 71.4 Å². The van der Waals surface area contributed by atoms with E-state index < -0.39 is 47.2 Å². The standard InChI is InChI=1S/C25H25F6N3O3S/c1-2-33-14-17(13-32)21-6-4-16(15-3-5-19(37-23(27)28)11-18(26)9-15)10-22(21)34-38(36)20-7-8-24(35,12-20)25(29,30)31/h3-4,6-11,13-14,20,23,34-35H,2,5,12,32H2,1H3/t20?,24-,38?/m0/s1. The van der Waals surface area contributed by atoms with Crippen LogP contribution in [0.25, 0.3) is 11.1 Å². The Labute approximate surface area is 218 Å². The van der Waals surface area contributed by atoms with Crippen molar-refractivity contribution in [3.8, 4) is 0 Å². The normalized spacial score (nSPS) is 23.3. The van der Waals surface area contributed by atoms with Crippen molar-refractivity contribution < 1.29 is 40.7 Å². The number of alkyl halides is 5. The van der Waals surface area contributed by atoms with Gasteiger partial charge in [0.2, 0.25) is 0 Å². The van der Waals surface area contributed by atoms with Crippen LogP contribution < -0.4 is 10.5 Å². The number of allylic oxidation sites excluding steroid dienone is 6. The number of nitrogens with two attached hydrogens (primary N) is 1. The maximum absolute atomic E-state index is 14.4. The lowest BCUT2D eigenvalue weighted by atomic mass is 9.98. The van der Waals surface area contributed by atoms with E-state index in [2.05, 4.69) is 14.5 Å². The second kappa shape index (κ2) is 12.1. The molecule has 0 radical (unpaired) electrons. The number of hydrogen-bond acceptors (Lipinski definition) is 6. The molecule has 2 aliphatic rings. The van der Waals surface area contributed by atoms with Gasteiger partial charge in [-0.2, -0.15) is 22.0 Å². The van der Waals surface area contributed by atoms with Gasteiger partial charge in [0.1, 0.15) is 11.6 Å². The van der Waals surface area contributed by atoms with E-state index in [9.17, 15) is 36.0 Å². The molecule has 0 bridgehead atoms. The fourth-order valence-electron chi connectivity index (χ4n) is 3.77. The predicted molar refractivity (Wildman–Crippen MR) is 135 cm³/mol. The fourth-order valence-corrected chi connectivity index (χ4v) is 4.94. The fraction of sp³-hybridized carbons (Fsp3) is 0.320. The first-order valence-corrected chi connectivity index (χ1v) is 12.5. The topological polar surface area (TPSA) is 103 Å². The van der Waals surface area contributed by atoms with Gasteiger partial charge < -0.3 is 20.1 Å². The number of nitrogens with one attached hydrogen (secondary N) is 1. The van der Waals surface area contributed by atoms with Crippen LogP contribution in [0.2, 0.25) is 0 Å². The van der Waals surface area contributed by atoms with Gasteiger partial charge in [-0.15, -0.1) is 0 Å². The summed E-state index contributed by atoms with van der Waals surface area (Å²) >= 11 is -2.13. The molecule has 0 aromatic heterocycles. The molecule has 0 fully saturated rings. The van der Waals surface area contributed by atoms with Gasteiger partial charge in [-0.25, -0.2) is 9.11 Å². The monoisotopic (exact) mass is 561 g/mol. The van der Waals surface area contributed by atoms with Gasteiger partial charge in [-0.3, -0.25) is 4.99 Å². The zero-order chi connectivity index (χ0) is 28.1. The van der Waals surface area contributed by atoms with Crippen molar-refractivity contribution in [1.82, 2.24) is 0 Å². The molecule has 0 spiro atoms. The van der Waals surface area contributed by atoms with E-state index in [-0.39, 0.29) is 17.9 Å². The van der Waals surface area contributed by atoms with Gasteiger partial charge in [-0.1, -0.05) is 18.2 Å². The molecule has 206 valence electrons. The van der Waals surface area contributed by atoms with Crippen molar-refractivity contribution in [1.29, 1.82) is 0 Å². The molecule has 0 amide bonds. The lowest BCUT2D eigenvalue weighted by Gasteiger charge is -2.26. The van der Waals surface area contributed by atoms with E-state index in [1.165, 1.54) is 24.6 Å². The molecule has 3 rings (SSSR count). The number of benzene rings is 1. The van der Waals surface area contributed by atoms with Gasteiger partial charge in [-0.05, 0) is 42.4 Å². The lowest BCUT2D eigenvalue weighted by Crippen LogP contribution is -2.44. The minimum absolute atomic E-state index is 0.139. The number of ether oxygens (including phenoxy) is 1. The van der Waals surface area contributed by atoms with Crippen LogP contribution in [-0.2, 0) is 16.1 Å². The van der Waals surface area contributed by atoms with E-state index in [4.69, 9.17) is 5.73 Å². The quantitative estimate of drug-likeness (QED) is 0.159. The zero-order valence-electron chi connectivity index (χ0n) is 20.0. The Balaban J connectivity index is 1.96. The van der Waals surface area contributed by atoms with Crippen molar-refractivity contribution in [2.45, 2.75) is 43.4 Å². The first kappa shape index (κ1) is 29.4. The molecular weight excluding hydrogens is 536 g/mol. The summed E-state index contributed by atoms with van der Waals surface area (Å²) in [6.07, 6.45) is 1.76. The molecule has 3 atom stereocenters. The molecule has 0 saturated carbocycles. The van der Waals surface area contributed by atoms with E-state index >= 15 is 0 Å². The van der Waals surface area contributed by atoms with Crippen LogP contribution in [0, 0.1) is 0 Å². The molecule has 2 aliphatic carbocycles. The molecule has 4 N–H and O–H groups in total. The zero-order valence-corrected chi connectivity index (χ0v) is 20.8. The first-order valence-electron chi connectivity index (χ1n) is 11.3. The first-order chi connectivity index (χ1) is 17.9. The molecular formula is C25H25F6N3O3S. The number of halogens is 6. The summed E-state index contributed by atoms with van der Waals surface area (Å²) in [7, 11) is 0. The van der Waals surface area contributed by atoms with Crippen molar-refractivity contribution in [3.63, 3.8) is 0 Å². The van der Waals surface area contributed by atoms with Crippen molar-refractivity contribution in [2.24, 2.45) is 10.7 Å². The maximum Gasteiger partial charge on any atom is 0.421 e. The maximum atomic E-state index is 14.4. The SMILES string of the molecule is CCN=CC(=CN)c1ccc(C2=CCC(OC(F)F)=CC(F)=C2)cc1N[S+]([O-])C1C=C[C@@](O)(C(F)(F)F)C1. The highest BCUT2D eigenvalue weighted by Crippen LogP contribution is 2.41. The molecule has 13 heteroatoms. The number of nitrogens with zero attached hydrogens (tertiary/aromatic N) is 1. The highest BCUT2D eigenvalue weighted by molar-refractivity contribution is 7.93. The summed E-state index contributed by atoms with van der Waals surface area (Å²) < 4.78 is 99.2. The van der Waals surface area contributed by atoms with Crippen LogP contribution in [0.5, 0.6) is 0 Å². The van der Waals surface area contributed by atoms with Crippen LogP contribution in [0.4, 0.5) is 32.0 Å². The van der Waals surface area contributed by atoms with Crippen molar-refractivity contribution in [2.75, 3.05) is 11.3 Å². The van der Waals surface area contributed by atoms with Crippen molar-refractivity contribution >= 4 is 34.4 Å². The number of aliphatic hydroxyl groups is 1. The predicted octanol–water partition coefficient (Wildman–Crippen LogP) is 5.54. The van der Waals surface area contributed by atoms with Gasteiger partial charge in [0, 0.05) is 49.0 Å². The van der Waals surface area contributed by atoms with Crippen LogP contribution in [0.3, 0.4) is 0 Å². The van der Waals surface area contributed by atoms with Crippen LogP contribution >= 0.6 is 0 Å². The summed E-state index contributed by atoms with van der Waals surface area (Å²) in [6.45, 7) is -0.907. The minimum Gasteiger partial charge on any atom is -0.593 e. The largest absolute Gasteiger partial charge is 0.593 e. The number of aliphatic imine (C=N–C) groups is 1. The summed E-state index contributed by atoms with van der Waals surface area (Å²) in [4.78, 5) is 4.13. The molecule has 1 aromatic rings. The summed E-state index contributed by atoms with van der Waals surface area (Å²) in [5.74, 6) is -1.12. The molecule has 2 unspecified atom stereocenters. The van der Waals surface area contributed by atoms with Gasteiger partial charge in [0.25, 0.3) is 0 Å². The Bertz CT molecular complexity index is 1210. The number of hydrogen-bond donors (Lipinski definition) is 3. The second-order valence-corrected chi connectivity index (χ2v) is 9.72. The average Bonchev–Trinajstić information content (AvgIpc) is 3.17. The van der Waals surface area contributed by atoms with E-state index in [0.717, 1.165) is 18.2 Å². The lowest BCUT2D eigenvalue weighted by molar-refractivity contribution is -0.238. The third kappa shape index (κ3) is 7.03. The third-order valence-corrected chi connectivity index (χ3v) is 6.98. The Morgan fingerprint density at radius 1 is 1.37 bits per heavy atom. The Hall–Kier alpha value is -3.16. The van der Waals surface area contributed by atoms with Gasteiger partial charge in [0.15, 0.2) is 10.9 Å². The van der Waals surface area contributed by atoms with Gasteiger partial charge >= 0.3 is 12.8 Å². The third-order valence-electron chi connectivity index (χ3n) is 5.69. The smallest absolute Gasteiger partial charge is 0.421 e. The van der Waals surface area contributed by atoms with Crippen molar-refractivity contribution in [3.05, 3.63) is 77.5 Å². The van der Waals surface area contributed by atoms with Gasteiger partial charge in [0.05, 0.1) is 17.0 Å². The van der Waals surface area contributed by atoms with E-state index in [1.807, 2.05) is 0 Å². The van der Waals surface area contributed by atoms with Crippen LogP contribution in [-0.4, -0.2) is 46.1 Å². The highest BCUT2D eigenvalue weighted by Gasteiger charge is 2.57. The highest BCUT2D eigenvalue weighted by atomic mass is 32.2. The second-order valence-electron chi connectivity index (χ2n) is 8.32. The Kier molecular flexibility index (Phi) is 9.39. The number of anilines is 1. The molecule has 0 aliphatic heterocycles. The molecule has 0 heterocycles. The average molecular weight is 562 g/mol. The number of rotatable bonds is 9. The molecule has 38 heavy (non-hydrogen) atoms. The summed E-state index contributed by atoms with van der Waals surface area (Å²) in [6, 6.07) is 4.62. The Morgan fingerprint density at radius 3 is 2.71 bits per heavy atom. The molecule has 1 aromatic carbocycles. The van der Waals surface area contributed by atoms with E-state index in [1.54, 1.807) is 19.1 Å². The van der Waals surface area contributed by atoms with E-state index in [0.29, 0.717) is 34.9 Å². The summed E-state index contributed by atoms with van der Waals surface area (Å²) in [5.41, 5.74) is 4.29. The summed E-state index contributed by atoms with van der Waals surface area (Å²) in [5, 5.41) is 8.72.